The van der Waals surface area contributed by atoms with Crippen LogP contribution in [0.3, 0.4) is 0 Å². The minimum absolute atomic E-state index is 0.285. The van der Waals surface area contributed by atoms with E-state index in [9.17, 15) is 4.79 Å². The molecule has 0 saturated heterocycles. The highest BCUT2D eigenvalue weighted by molar-refractivity contribution is 5.89. The Bertz CT molecular complexity index is 438. The first-order valence-corrected chi connectivity index (χ1v) is 6.54. The summed E-state index contributed by atoms with van der Waals surface area (Å²) in [6, 6.07) is 7.28. The quantitative estimate of drug-likeness (QED) is 0.447. The van der Waals surface area contributed by atoms with Crippen molar-refractivity contribution in [2.24, 2.45) is 0 Å². The molecule has 0 radical (unpaired) electrons. The van der Waals surface area contributed by atoms with Crippen molar-refractivity contribution < 1.29 is 9.53 Å². The van der Waals surface area contributed by atoms with Crippen LogP contribution in [0.4, 0.5) is 0 Å². The van der Waals surface area contributed by atoms with Crippen LogP contribution in [0.15, 0.2) is 24.3 Å². The van der Waals surface area contributed by atoms with Crippen LogP contribution in [0, 0.1) is 11.8 Å². The zero-order valence-corrected chi connectivity index (χ0v) is 11.2. The minimum atomic E-state index is -0.285. The SMILES string of the molecule is CCCCCC#Cc1cccc(C(=O)OCC)c1. The Kier molecular flexibility index (Phi) is 6.64. The molecular weight excluding hydrogens is 224 g/mol. The molecule has 0 amide bonds. The van der Waals surface area contributed by atoms with Gasteiger partial charge in [0.15, 0.2) is 0 Å². The molecule has 0 saturated carbocycles. The van der Waals surface area contributed by atoms with Crippen molar-refractivity contribution in [3.05, 3.63) is 35.4 Å². The van der Waals surface area contributed by atoms with Crippen molar-refractivity contribution in [2.45, 2.75) is 39.5 Å². The van der Waals surface area contributed by atoms with E-state index in [-0.39, 0.29) is 5.97 Å². The summed E-state index contributed by atoms with van der Waals surface area (Å²) >= 11 is 0. The molecule has 96 valence electrons. The average molecular weight is 244 g/mol. The van der Waals surface area contributed by atoms with Gasteiger partial charge in [-0.2, -0.15) is 0 Å². The van der Waals surface area contributed by atoms with Crippen molar-refractivity contribution in [1.82, 2.24) is 0 Å². The van der Waals surface area contributed by atoms with Crippen LogP contribution in [0.25, 0.3) is 0 Å². The standard InChI is InChI=1S/C16H20O2/c1-3-5-6-7-8-10-14-11-9-12-15(13-14)16(17)18-4-2/h9,11-13H,3-7H2,1-2H3. The molecule has 0 bridgehead atoms. The topological polar surface area (TPSA) is 26.3 Å². The van der Waals surface area contributed by atoms with Crippen LogP contribution >= 0.6 is 0 Å². The first-order chi connectivity index (χ1) is 8.77. The lowest BCUT2D eigenvalue weighted by Gasteiger charge is -2.01. The number of benzene rings is 1. The second kappa shape index (κ2) is 8.36. The van der Waals surface area contributed by atoms with E-state index in [0.717, 1.165) is 18.4 Å². The molecule has 0 atom stereocenters. The maximum atomic E-state index is 11.5. The number of rotatable bonds is 5. The molecule has 0 aliphatic carbocycles. The normalized spacial score (nSPS) is 9.44. The Morgan fingerprint density at radius 3 is 2.83 bits per heavy atom. The summed E-state index contributed by atoms with van der Waals surface area (Å²) in [5.41, 5.74) is 1.44. The van der Waals surface area contributed by atoms with Crippen molar-refractivity contribution in [1.29, 1.82) is 0 Å². The monoisotopic (exact) mass is 244 g/mol. The highest BCUT2D eigenvalue weighted by atomic mass is 16.5. The van der Waals surface area contributed by atoms with Crippen molar-refractivity contribution in [3.8, 4) is 11.8 Å². The summed E-state index contributed by atoms with van der Waals surface area (Å²) in [5, 5.41) is 0. The molecule has 0 spiro atoms. The lowest BCUT2D eigenvalue weighted by atomic mass is 10.1. The maximum absolute atomic E-state index is 11.5. The van der Waals surface area contributed by atoms with E-state index in [1.165, 1.54) is 12.8 Å². The fourth-order valence-corrected chi connectivity index (χ4v) is 1.57. The zero-order valence-electron chi connectivity index (χ0n) is 11.2. The third-order valence-electron chi connectivity index (χ3n) is 2.51. The fourth-order valence-electron chi connectivity index (χ4n) is 1.57. The van der Waals surface area contributed by atoms with Gasteiger partial charge in [-0.15, -0.1) is 0 Å². The highest BCUT2D eigenvalue weighted by Gasteiger charge is 2.05. The van der Waals surface area contributed by atoms with E-state index in [1.807, 2.05) is 12.1 Å². The molecule has 1 aromatic rings. The number of unbranched alkanes of at least 4 members (excludes halogenated alkanes) is 3. The van der Waals surface area contributed by atoms with E-state index in [0.29, 0.717) is 12.2 Å². The van der Waals surface area contributed by atoms with Gasteiger partial charge >= 0.3 is 5.97 Å². The van der Waals surface area contributed by atoms with Gasteiger partial charge in [-0.1, -0.05) is 37.7 Å². The number of esters is 1. The molecule has 1 rings (SSSR count). The summed E-state index contributed by atoms with van der Waals surface area (Å²) in [7, 11) is 0. The average Bonchev–Trinajstić information content (AvgIpc) is 2.39. The number of hydrogen-bond donors (Lipinski definition) is 0. The summed E-state index contributed by atoms with van der Waals surface area (Å²) in [6.45, 7) is 4.37. The fraction of sp³-hybridized carbons (Fsp3) is 0.438. The zero-order chi connectivity index (χ0) is 13.2. The molecule has 0 heterocycles. The van der Waals surface area contributed by atoms with Crippen molar-refractivity contribution >= 4 is 5.97 Å². The van der Waals surface area contributed by atoms with E-state index < -0.39 is 0 Å². The molecule has 0 aliphatic heterocycles. The summed E-state index contributed by atoms with van der Waals surface area (Å²) in [4.78, 5) is 11.5. The number of hydrogen-bond acceptors (Lipinski definition) is 2. The summed E-state index contributed by atoms with van der Waals surface area (Å²) < 4.78 is 4.95. The Morgan fingerprint density at radius 1 is 1.28 bits per heavy atom. The molecule has 0 aromatic heterocycles. The molecule has 0 N–H and O–H groups in total. The van der Waals surface area contributed by atoms with E-state index >= 15 is 0 Å². The Hall–Kier alpha value is -1.75. The first-order valence-electron chi connectivity index (χ1n) is 6.54. The largest absolute Gasteiger partial charge is 0.462 e. The molecular formula is C16H20O2. The summed E-state index contributed by atoms with van der Waals surface area (Å²) in [6.07, 6.45) is 4.48. The molecule has 0 aliphatic rings. The Morgan fingerprint density at radius 2 is 2.11 bits per heavy atom. The van der Waals surface area contributed by atoms with E-state index in [2.05, 4.69) is 18.8 Å². The maximum Gasteiger partial charge on any atom is 0.338 e. The van der Waals surface area contributed by atoms with Gasteiger partial charge in [0.1, 0.15) is 0 Å². The van der Waals surface area contributed by atoms with Crippen LogP contribution in [0.5, 0.6) is 0 Å². The molecule has 18 heavy (non-hydrogen) atoms. The predicted octanol–water partition coefficient (Wildman–Crippen LogP) is 3.80. The number of carbonyl (C=O) groups excluding carboxylic acids is 1. The van der Waals surface area contributed by atoms with Gasteiger partial charge in [0.2, 0.25) is 0 Å². The molecule has 2 nitrogen and oxygen atoms in total. The van der Waals surface area contributed by atoms with Gasteiger partial charge in [0.25, 0.3) is 0 Å². The lowest BCUT2D eigenvalue weighted by Crippen LogP contribution is -2.04. The van der Waals surface area contributed by atoms with Gasteiger partial charge in [0.05, 0.1) is 12.2 Å². The second-order valence-electron chi connectivity index (χ2n) is 4.06. The third-order valence-corrected chi connectivity index (χ3v) is 2.51. The smallest absolute Gasteiger partial charge is 0.338 e. The summed E-state index contributed by atoms with van der Waals surface area (Å²) in [5.74, 6) is 5.93. The van der Waals surface area contributed by atoms with Crippen LogP contribution in [0.1, 0.15) is 55.5 Å². The first kappa shape index (κ1) is 14.3. The third kappa shape index (κ3) is 5.05. The van der Waals surface area contributed by atoms with Crippen LogP contribution in [-0.2, 0) is 4.74 Å². The minimum Gasteiger partial charge on any atom is -0.462 e. The Balaban J connectivity index is 2.61. The molecule has 0 unspecified atom stereocenters. The van der Waals surface area contributed by atoms with Gasteiger partial charge in [-0.25, -0.2) is 4.79 Å². The van der Waals surface area contributed by atoms with Crippen LogP contribution in [0.2, 0.25) is 0 Å². The van der Waals surface area contributed by atoms with Crippen molar-refractivity contribution in [2.75, 3.05) is 6.61 Å². The predicted molar refractivity (Wildman–Crippen MR) is 73.4 cm³/mol. The van der Waals surface area contributed by atoms with E-state index in [4.69, 9.17) is 4.74 Å². The van der Waals surface area contributed by atoms with Gasteiger partial charge < -0.3 is 4.74 Å². The van der Waals surface area contributed by atoms with Crippen LogP contribution in [-0.4, -0.2) is 12.6 Å². The lowest BCUT2D eigenvalue weighted by molar-refractivity contribution is 0.0526. The van der Waals surface area contributed by atoms with E-state index in [1.54, 1.807) is 19.1 Å². The molecule has 1 aromatic carbocycles. The molecule has 0 fully saturated rings. The van der Waals surface area contributed by atoms with Gasteiger partial charge in [0, 0.05) is 12.0 Å². The highest BCUT2D eigenvalue weighted by Crippen LogP contribution is 2.06. The van der Waals surface area contributed by atoms with Gasteiger partial charge in [-0.3, -0.25) is 0 Å². The number of ether oxygens (including phenoxy) is 1. The second-order valence-corrected chi connectivity index (χ2v) is 4.06. The van der Waals surface area contributed by atoms with Crippen LogP contribution < -0.4 is 0 Å². The molecule has 2 heteroatoms. The van der Waals surface area contributed by atoms with Crippen molar-refractivity contribution in [3.63, 3.8) is 0 Å². The number of carbonyl (C=O) groups is 1. The Labute approximate surface area is 109 Å². The van der Waals surface area contributed by atoms with Gasteiger partial charge in [-0.05, 0) is 31.5 Å².